The highest BCUT2D eigenvalue weighted by Gasteiger charge is 2.06. The Morgan fingerprint density at radius 3 is 3.00 bits per heavy atom. The van der Waals surface area contributed by atoms with Crippen molar-refractivity contribution in [3.63, 3.8) is 0 Å². The molecule has 0 atom stereocenters. The molecule has 2 rings (SSSR count). The van der Waals surface area contributed by atoms with Gasteiger partial charge >= 0.3 is 0 Å². The molecular weight excluding hydrogens is 218 g/mol. The Hall–Kier alpha value is -2.18. The van der Waals surface area contributed by atoms with Crippen LogP contribution in [0.5, 0.6) is 0 Å². The van der Waals surface area contributed by atoms with Gasteiger partial charge in [0.05, 0.1) is 12.7 Å². The third-order valence-electron chi connectivity index (χ3n) is 2.44. The summed E-state index contributed by atoms with van der Waals surface area (Å²) in [7, 11) is 0. The molecule has 0 aliphatic carbocycles. The molecule has 0 fully saturated rings. The maximum atomic E-state index is 5.78. The lowest BCUT2D eigenvalue weighted by Crippen LogP contribution is -2.14. The number of hydrogen-bond acceptors (Lipinski definition) is 6. The number of hydrogen-bond donors (Lipinski definition) is 2. The van der Waals surface area contributed by atoms with E-state index < -0.39 is 0 Å². The van der Waals surface area contributed by atoms with Crippen molar-refractivity contribution < 1.29 is 0 Å². The summed E-state index contributed by atoms with van der Waals surface area (Å²) in [6, 6.07) is 0. The topological polar surface area (TPSA) is 94.5 Å². The normalized spacial score (nSPS) is 10.4. The first-order valence-corrected chi connectivity index (χ1v) is 5.48. The van der Waals surface area contributed by atoms with Crippen LogP contribution < -0.4 is 11.1 Å². The van der Waals surface area contributed by atoms with E-state index >= 15 is 0 Å². The second kappa shape index (κ2) is 5.24. The maximum absolute atomic E-state index is 5.78. The van der Waals surface area contributed by atoms with E-state index in [0.717, 1.165) is 24.3 Å². The number of anilines is 2. The van der Waals surface area contributed by atoms with Crippen molar-refractivity contribution in [1.29, 1.82) is 0 Å². The van der Waals surface area contributed by atoms with Gasteiger partial charge in [0.25, 0.3) is 0 Å². The number of nitrogens with one attached hydrogen (secondary N) is 1. The van der Waals surface area contributed by atoms with Crippen molar-refractivity contribution in [3.05, 3.63) is 24.3 Å². The summed E-state index contributed by atoms with van der Waals surface area (Å²) in [6.07, 6.45) is 5.74. The molecule has 0 aromatic carbocycles. The Kier molecular flexibility index (Phi) is 3.49. The van der Waals surface area contributed by atoms with E-state index in [0.29, 0.717) is 12.4 Å². The average Bonchev–Trinajstić information content (AvgIpc) is 2.82. The monoisotopic (exact) mass is 233 g/mol. The molecule has 2 aromatic rings. The molecule has 7 nitrogen and oxygen atoms in total. The van der Waals surface area contributed by atoms with Gasteiger partial charge < -0.3 is 11.1 Å². The first kappa shape index (κ1) is 11.3. The third-order valence-corrected chi connectivity index (χ3v) is 2.44. The van der Waals surface area contributed by atoms with E-state index in [4.69, 9.17) is 5.73 Å². The van der Waals surface area contributed by atoms with Gasteiger partial charge in [-0.3, -0.25) is 4.68 Å². The van der Waals surface area contributed by atoms with Crippen LogP contribution in [0, 0.1) is 0 Å². The Labute approximate surface area is 99.1 Å². The van der Waals surface area contributed by atoms with Gasteiger partial charge in [0.15, 0.2) is 0 Å². The van der Waals surface area contributed by atoms with Gasteiger partial charge in [-0.25, -0.2) is 9.97 Å². The van der Waals surface area contributed by atoms with Crippen LogP contribution >= 0.6 is 0 Å². The Balaban J connectivity index is 1.97. The fraction of sp³-hybridized carbons (Fsp3) is 0.400. The van der Waals surface area contributed by atoms with Gasteiger partial charge in [0.1, 0.15) is 18.0 Å². The highest BCUT2D eigenvalue weighted by Crippen LogP contribution is 2.16. The molecule has 0 amide bonds. The van der Waals surface area contributed by atoms with Crippen molar-refractivity contribution in [2.24, 2.45) is 0 Å². The van der Waals surface area contributed by atoms with Crippen LogP contribution in [-0.2, 0) is 13.0 Å². The van der Waals surface area contributed by atoms with Crippen LogP contribution in [0.15, 0.2) is 18.7 Å². The smallest absolute Gasteiger partial charge is 0.134 e. The molecule has 0 spiro atoms. The van der Waals surface area contributed by atoms with E-state index in [2.05, 4.69) is 25.6 Å². The number of rotatable bonds is 5. The van der Waals surface area contributed by atoms with E-state index in [9.17, 15) is 0 Å². The molecule has 0 aliphatic heterocycles. The molecule has 2 aromatic heterocycles. The van der Waals surface area contributed by atoms with Crippen LogP contribution in [-0.4, -0.2) is 31.5 Å². The van der Waals surface area contributed by atoms with Crippen LogP contribution in [0.4, 0.5) is 11.6 Å². The lowest BCUT2D eigenvalue weighted by atomic mass is 10.2. The lowest BCUT2D eigenvalue weighted by molar-refractivity contribution is 0.608. The van der Waals surface area contributed by atoms with Gasteiger partial charge in [0.2, 0.25) is 0 Å². The molecule has 2 heterocycles. The second-order valence-electron chi connectivity index (χ2n) is 3.53. The molecule has 17 heavy (non-hydrogen) atoms. The molecule has 7 heteroatoms. The lowest BCUT2D eigenvalue weighted by Gasteiger charge is -2.10. The zero-order valence-electron chi connectivity index (χ0n) is 9.67. The zero-order chi connectivity index (χ0) is 12.1. The summed E-state index contributed by atoms with van der Waals surface area (Å²) >= 11 is 0. The quantitative estimate of drug-likeness (QED) is 0.772. The molecule has 0 unspecified atom stereocenters. The largest absolute Gasteiger partial charge is 0.383 e. The van der Waals surface area contributed by atoms with Gasteiger partial charge in [-0.2, -0.15) is 0 Å². The summed E-state index contributed by atoms with van der Waals surface area (Å²) in [5.74, 6) is 1.32. The summed E-state index contributed by atoms with van der Waals surface area (Å²) in [6.45, 7) is 3.47. The highest BCUT2D eigenvalue weighted by molar-refractivity contribution is 5.54. The standard InChI is InChI=1S/C10H15N7/c1-2-8-9(11)13-7-14-10(8)12-3-5-17-6-4-15-16-17/h4,6-7H,2-3,5H2,1H3,(H3,11,12,13,14). The third kappa shape index (κ3) is 2.68. The van der Waals surface area contributed by atoms with Crippen LogP contribution in [0.1, 0.15) is 12.5 Å². The molecule has 90 valence electrons. The van der Waals surface area contributed by atoms with Crippen molar-refractivity contribution in [1.82, 2.24) is 25.0 Å². The fourth-order valence-electron chi connectivity index (χ4n) is 1.57. The van der Waals surface area contributed by atoms with Crippen molar-refractivity contribution in [3.8, 4) is 0 Å². The van der Waals surface area contributed by atoms with Crippen molar-refractivity contribution in [2.45, 2.75) is 19.9 Å². The number of nitrogens with two attached hydrogens (primary N) is 1. The Morgan fingerprint density at radius 2 is 2.29 bits per heavy atom. The minimum Gasteiger partial charge on any atom is -0.383 e. The average molecular weight is 233 g/mol. The number of nitrogen functional groups attached to an aromatic ring is 1. The van der Waals surface area contributed by atoms with E-state index in [-0.39, 0.29) is 0 Å². The predicted molar refractivity (Wildman–Crippen MR) is 64.3 cm³/mol. The minimum atomic E-state index is 0.533. The number of aromatic nitrogens is 5. The number of nitrogens with zero attached hydrogens (tertiary/aromatic N) is 5. The maximum Gasteiger partial charge on any atom is 0.134 e. The minimum absolute atomic E-state index is 0.533. The first-order valence-electron chi connectivity index (χ1n) is 5.48. The van der Waals surface area contributed by atoms with Crippen LogP contribution in [0.2, 0.25) is 0 Å². The Bertz CT molecular complexity index is 466. The second-order valence-corrected chi connectivity index (χ2v) is 3.53. The summed E-state index contributed by atoms with van der Waals surface area (Å²) in [4.78, 5) is 8.15. The first-order chi connectivity index (χ1) is 8.31. The molecule has 3 N–H and O–H groups in total. The van der Waals surface area contributed by atoms with Gasteiger partial charge in [-0.05, 0) is 6.42 Å². The van der Waals surface area contributed by atoms with E-state index in [1.807, 2.05) is 13.1 Å². The van der Waals surface area contributed by atoms with Crippen molar-refractivity contribution in [2.75, 3.05) is 17.6 Å². The summed E-state index contributed by atoms with van der Waals surface area (Å²) < 4.78 is 1.75. The van der Waals surface area contributed by atoms with Crippen LogP contribution in [0.3, 0.4) is 0 Å². The van der Waals surface area contributed by atoms with Gasteiger partial charge in [-0.1, -0.05) is 12.1 Å². The van der Waals surface area contributed by atoms with Crippen molar-refractivity contribution >= 4 is 11.6 Å². The van der Waals surface area contributed by atoms with Crippen LogP contribution in [0.25, 0.3) is 0 Å². The summed E-state index contributed by atoms with van der Waals surface area (Å²) in [5, 5.41) is 10.8. The zero-order valence-corrected chi connectivity index (χ0v) is 9.67. The highest BCUT2D eigenvalue weighted by atomic mass is 15.4. The molecule has 0 aliphatic rings. The molecular formula is C10H15N7. The molecule has 0 saturated carbocycles. The van der Waals surface area contributed by atoms with E-state index in [1.165, 1.54) is 6.33 Å². The molecule has 0 saturated heterocycles. The van der Waals surface area contributed by atoms with E-state index in [1.54, 1.807) is 10.9 Å². The van der Waals surface area contributed by atoms with Gasteiger partial charge in [0, 0.05) is 18.3 Å². The van der Waals surface area contributed by atoms with Gasteiger partial charge in [-0.15, -0.1) is 5.10 Å². The molecule has 0 radical (unpaired) electrons. The summed E-state index contributed by atoms with van der Waals surface area (Å²) in [5.41, 5.74) is 6.73. The Morgan fingerprint density at radius 1 is 1.41 bits per heavy atom. The molecule has 0 bridgehead atoms. The predicted octanol–water partition coefficient (Wildman–Crippen LogP) is 0.325. The fourth-order valence-corrected chi connectivity index (χ4v) is 1.57. The SMILES string of the molecule is CCc1c(N)ncnc1NCCn1ccnn1.